The van der Waals surface area contributed by atoms with Gasteiger partial charge in [-0.3, -0.25) is 0 Å². The molecule has 0 heterocycles. The Hall–Kier alpha value is -2.66. The third kappa shape index (κ3) is 9.58. The first-order valence-corrected chi connectivity index (χ1v) is 18.3. The summed E-state index contributed by atoms with van der Waals surface area (Å²) in [4.78, 5) is 0. The van der Waals surface area contributed by atoms with Crippen molar-refractivity contribution in [1.82, 2.24) is 0 Å². The van der Waals surface area contributed by atoms with Crippen molar-refractivity contribution in [2.24, 2.45) is 0 Å². The minimum Gasteiger partial charge on any atom is -0.324 e. The van der Waals surface area contributed by atoms with Crippen LogP contribution >= 0.6 is 14.3 Å². The predicted octanol–water partition coefficient (Wildman–Crippen LogP) is 8.68. The van der Waals surface area contributed by atoms with E-state index in [9.17, 15) is 9.13 Å². The van der Waals surface area contributed by atoms with Gasteiger partial charge in [0.25, 0.3) is 0 Å². The van der Waals surface area contributed by atoms with Crippen LogP contribution in [-0.2, 0) is 34.8 Å². The van der Waals surface area contributed by atoms with E-state index in [1.165, 1.54) is 22.3 Å². The molecule has 0 aliphatic carbocycles. The van der Waals surface area contributed by atoms with Crippen LogP contribution in [0.1, 0.15) is 22.3 Å². The third-order valence-electron chi connectivity index (χ3n) is 7.52. The van der Waals surface area contributed by atoms with E-state index in [4.69, 9.17) is 0 Å². The number of hydrogen-bond donors (Lipinski definition) is 0. The Labute approximate surface area is 229 Å². The van der Waals surface area contributed by atoms with Crippen LogP contribution < -0.4 is 0 Å². The molecule has 4 aromatic carbocycles. The van der Waals surface area contributed by atoms with Crippen molar-refractivity contribution in [3.8, 4) is 0 Å². The third-order valence-corrected chi connectivity index (χ3v) is 14.1. The molecule has 0 fully saturated rings. The molecule has 198 valence electrons. The number of benzene rings is 4. The molecular formula is C34H40O2P2. The van der Waals surface area contributed by atoms with Gasteiger partial charge in [0.1, 0.15) is 0 Å². The highest BCUT2D eigenvalue weighted by molar-refractivity contribution is 7.67. The molecule has 4 rings (SSSR count). The van der Waals surface area contributed by atoms with Gasteiger partial charge in [-0.25, -0.2) is 0 Å². The molecule has 0 spiro atoms. The van der Waals surface area contributed by atoms with Crippen molar-refractivity contribution >= 4 is 14.3 Å². The summed E-state index contributed by atoms with van der Waals surface area (Å²) >= 11 is 0. The number of aryl methyl sites for hydroxylation is 4. The lowest BCUT2D eigenvalue weighted by Crippen LogP contribution is -2.12. The van der Waals surface area contributed by atoms with Gasteiger partial charge in [-0.1, -0.05) is 121 Å². The van der Waals surface area contributed by atoms with E-state index in [1.807, 2.05) is 72.8 Å². The average Bonchev–Trinajstić information content (AvgIpc) is 2.98. The summed E-state index contributed by atoms with van der Waals surface area (Å²) in [5.74, 6) is 0. The molecule has 0 radical (unpaired) electrons. The van der Waals surface area contributed by atoms with E-state index in [0.717, 1.165) is 25.7 Å². The summed E-state index contributed by atoms with van der Waals surface area (Å²) in [6.45, 7) is 0. The normalized spacial score (nSPS) is 11.9. The lowest BCUT2D eigenvalue weighted by molar-refractivity contribution is 0.567. The number of hydrogen-bond acceptors (Lipinski definition) is 2. The Morgan fingerprint density at radius 3 is 0.737 bits per heavy atom. The largest absolute Gasteiger partial charge is 0.324 e. The van der Waals surface area contributed by atoms with Gasteiger partial charge in [0.05, 0.1) is 14.3 Å². The fraction of sp³-hybridized carbons (Fsp3) is 0.294. The zero-order chi connectivity index (χ0) is 26.5. The van der Waals surface area contributed by atoms with Crippen molar-refractivity contribution in [1.29, 1.82) is 0 Å². The fourth-order valence-corrected chi connectivity index (χ4v) is 11.9. The van der Waals surface area contributed by atoms with Crippen LogP contribution in [0, 0.1) is 0 Å². The van der Waals surface area contributed by atoms with E-state index in [2.05, 4.69) is 48.5 Å². The Morgan fingerprint density at radius 1 is 0.316 bits per heavy atom. The van der Waals surface area contributed by atoms with Gasteiger partial charge in [0.2, 0.25) is 0 Å². The molecule has 0 saturated carbocycles. The van der Waals surface area contributed by atoms with Crippen LogP contribution in [0.15, 0.2) is 121 Å². The highest BCUT2D eigenvalue weighted by Gasteiger charge is 2.29. The van der Waals surface area contributed by atoms with Gasteiger partial charge in [-0.05, 0) is 47.9 Å². The van der Waals surface area contributed by atoms with Crippen LogP contribution in [0.4, 0.5) is 0 Å². The van der Waals surface area contributed by atoms with Crippen molar-refractivity contribution in [3.05, 3.63) is 144 Å². The first-order valence-electron chi connectivity index (χ1n) is 13.8. The van der Waals surface area contributed by atoms with Gasteiger partial charge < -0.3 is 9.13 Å². The summed E-state index contributed by atoms with van der Waals surface area (Å²) in [6, 6.07) is 41.4. The molecule has 0 N–H and O–H groups in total. The summed E-state index contributed by atoms with van der Waals surface area (Å²) in [5.41, 5.74) is 4.90. The minimum atomic E-state index is -2.51. The maximum absolute atomic E-state index is 14.4. The zero-order valence-electron chi connectivity index (χ0n) is 22.3. The Kier molecular flexibility index (Phi) is 10.8. The zero-order valence-corrected chi connectivity index (χ0v) is 24.1. The molecule has 0 saturated heterocycles. The average molecular weight is 543 g/mol. The Bertz CT molecular complexity index is 1110. The van der Waals surface area contributed by atoms with Crippen LogP contribution in [0.25, 0.3) is 0 Å². The van der Waals surface area contributed by atoms with Gasteiger partial charge in [-0.2, -0.15) is 0 Å². The summed E-state index contributed by atoms with van der Waals surface area (Å²) in [5, 5.41) is 0. The molecule has 0 aliphatic heterocycles. The fourth-order valence-electron chi connectivity index (χ4n) is 4.95. The quantitative estimate of drug-likeness (QED) is 0.141. The van der Waals surface area contributed by atoms with Crippen LogP contribution in [0.3, 0.4) is 0 Å². The molecule has 0 bridgehead atoms. The first-order chi connectivity index (χ1) is 18.5. The smallest absolute Gasteiger partial charge is 0.0888 e. The van der Waals surface area contributed by atoms with E-state index in [-0.39, 0.29) is 0 Å². The summed E-state index contributed by atoms with van der Waals surface area (Å²) in [6.07, 6.45) is 7.12. The van der Waals surface area contributed by atoms with Crippen molar-refractivity contribution in [3.63, 3.8) is 0 Å². The van der Waals surface area contributed by atoms with Crippen molar-refractivity contribution < 1.29 is 9.13 Å². The van der Waals surface area contributed by atoms with E-state index in [0.29, 0.717) is 37.0 Å². The highest BCUT2D eigenvalue weighted by atomic mass is 31.2. The molecule has 2 nitrogen and oxygen atoms in total. The second kappa shape index (κ2) is 14.5. The molecular weight excluding hydrogens is 502 g/mol. The molecule has 0 unspecified atom stereocenters. The Balaban J connectivity index is 1.47. The standard InChI is InChI=1S/C34H40O2P2/c35-37(25-21-31-13-5-1-6-14-31,26-22-32-15-7-2-8-16-32)29-30-38(36,27-23-33-17-9-3-10-18-33)28-24-34-19-11-4-12-20-34/h1-20H,21-30H2. The lowest BCUT2D eigenvalue weighted by Gasteiger charge is -2.24. The Morgan fingerprint density at radius 2 is 0.526 bits per heavy atom. The minimum absolute atomic E-state index is 0.577. The molecule has 0 atom stereocenters. The maximum Gasteiger partial charge on any atom is 0.0888 e. The predicted molar refractivity (Wildman–Crippen MR) is 165 cm³/mol. The maximum atomic E-state index is 14.4. The first kappa shape index (κ1) is 28.4. The van der Waals surface area contributed by atoms with Gasteiger partial charge in [-0.15, -0.1) is 0 Å². The number of rotatable bonds is 15. The molecule has 4 aromatic rings. The molecule has 0 aromatic heterocycles. The van der Waals surface area contributed by atoms with E-state index in [1.54, 1.807) is 0 Å². The van der Waals surface area contributed by atoms with Crippen LogP contribution in [0.2, 0.25) is 0 Å². The van der Waals surface area contributed by atoms with E-state index < -0.39 is 14.3 Å². The lowest BCUT2D eigenvalue weighted by atomic mass is 10.2. The topological polar surface area (TPSA) is 34.1 Å². The second-order valence-electron chi connectivity index (χ2n) is 10.4. The molecule has 0 aliphatic rings. The SMILES string of the molecule is O=P(CCc1ccccc1)(CCc1ccccc1)CCP(=O)(CCc1ccccc1)CCc1ccccc1. The summed E-state index contributed by atoms with van der Waals surface area (Å²) < 4.78 is 28.9. The van der Waals surface area contributed by atoms with Crippen molar-refractivity contribution in [2.45, 2.75) is 25.7 Å². The second-order valence-corrected chi connectivity index (χ2v) is 17.3. The van der Waals surface area contributed by atoms with Crippen molar-refractivity contribution in [2.75, 3.05) is 37.0 Å². The van der Waals surface area contributed by atoms with Gasteiger partial charge in [0, 0.05) is 37.0 Å². The monoisotopic (exact) mass is 542 g/mol. The van der Waals surface area contributed by atoms with Crippen LogP contribution in [0.5, 0.6) is 0 Å². The molecule has 0 amide bonds. The van der Waals surface area contributed by atoms with Crippen LogP contribution in [-0.4, -0.2) is 37.0 Å². The molecule has 38 heavy (non-hydrogen) atoms. The molecule has 4 heteroatoms. The highest BCUT2D eigenvalue weighted by Crippen LogP contribution is 2.54. The van der Waals surface area contributed by atoms with Gasteiger partial charge >= 0.3 is 0 Å². The van der Waals surface area contributed by atoms with E-state index >= 15 is 0 Å². The van der Waals surface area contributed by atoms with Gasteiger partial charge in [0.15, 0.2) is 0 Å². The summed E-state index contributed by atoms with van der Waals surface area (Å²) in [7, 11) is -5.02.